The number of hydrogen-bond acceptors (Lipinski definition) is 3. The van der Waals surface area contributed by atoms with Gasteiger partial charge in [-0.15, -0.1) is 0 Å². The number of amides is 1. The van der Waals surface area contributed by atoms with E-state index in [1.54, 1.807) is 6.07 Å². The van der Waals surface area contributed by atoms with Gasteiger partial charge in [-0.2, -0.15) is 0 Å². The Morgan fingerprint density at radius 1 is 1.39 bits per heavy atom. The Balaban J connectivity index is 1.67. The molecule has 0 bridgehead atoms. The molecule has 2 N–H and O–H groups in total. The Morgan fingerprint density at radius 2 is 2.17 bits per heavy atom. The molecule has 18 heavy (non-hydrogen) atoms. The highest BCUT2D eigenvalue weighted by Crippen LogP contribution is 2.24. The maximum absolute atomic E-state index is 13.2. The van der Waals surface area contributed by atoms with Gasteiger partial charge in [0.25, 0.3) is 0 Å². The van der Waals surface area contributed by atoms with Crippen LogP contribution >= 0.6 is 0 Å². The van der Waals surface area contributed by atoms with Crippen LogP contribution in [0.1, 0.15) is 25.7 Å². The van der Waals surface area contributed by atoms with Gasteiger partial charge in [-0.05, 0) is 25.0 Å². The Morgan fingerprint density at radius 3 is 2.89 bits per heavy atom. The largest absolute Gasteiger partial charge is 0.366 e. The number of hydrogen-bond donors (Lipinski definition) is 2. The van der Waals surface area contributed by atoms with E-state index in [0.717, 1.165) is 25.7 Å². The van der Waals surface area contributed by atoms with E-state index < -0.39 is 0 Å². The van der Waals surface area contributed by atoms with Gasteiger partial charge in [0.2, 0.25) is 5.91 Å². The van der Waals surface area contributed by atoms with Gasteiger partial charge in [0.15, 0.2) is 11.6 Å². The van der Waals surface area contributed by atoms with Crippen LogP contribution in [-0.4, -0.2) is 24.0 Å². The summed E-state index contributed by atoms with van der Waals surface area (Å²) in [5.74, 6) is 0.152. The molecule has 98 valence electrons. The molecule has 1 saturated carbocycles. The van der Waals surface area contributed by atoms with E-state index in [9.17, 15) is 9.18 Å². The average molecular weight is 251 g/mol. The monoisotopic (exact) mass is 251 g/mol. The zero-order chi connectivity index (χ0) is 12.8. The third-order valence-corrected chi connectivity index (χ3v) is 3.20. The molecule has 1 aromatic heterocycles. The Kier molecular flexibility index (Phi) is 4.50. The van der Waals surface area contributed by atoms with Crippen molar-refractivity contribution in [3.05, 3.63) is 24.1 Å². The Labute approximate surface area is 106 Å². The average Bonchev–Trinajstić information content (AvgIpc) is 2.90. The second-order valence-electron chi connectivity index (χ2n) is 4.53. The molecule has 0 spiro atoms. The lowest BCUT2D eigenvalue weighted by molar-refractivity contribution is -0.124. The van der Waals surface area contributed by atoms with Crippen molar-refractivity contribution in [1.29, 1.82) is 0 Å². The van der Waals surface area contributed by atoms with Gasteiger partial charge < -0.3 is 10.6 Å². The van der Waals surface area contributed by atoms with Gasteiger partial charge in [-0.1, -0.05) is 12.8 Å². The number of nitrogens with zero attached hydrogens (tertiary/aromatic N) is 1. The first kappa shape index (κ1) is 12.8. The molecule has 5 heteroatoms. The van der Waals surface area contributed by atoms with Gasteiger partial charge >= 0.3 is 0 Å². The summed E-state index contributed by atoms with van der Waals surface area (Å²) in [5, 5.41) is 5.72. The number of nitrogens with one attached hydrogen (secondary N) is 2. The van der Waals surface area contributed by atoms with Crippen LogP contribution in [0.2, 0.25) is 0 Å². The fourth-order valence-electron chi connectivity index (χ4n) is 2.21. The maximum Gasteiger partial charge on any atom is 0.223 e. The summed E-state index contributed by atoms with van der Waals surface area (Å²) in [4.78, 5) is 15.6. The fraction of sp³-hybridized carbons (Fsp3) is 0.538. The summed E-state index contributed by atoms with van der Waals surface area (Å²) in [6, 6.07) is 2.90. The van der Waals surface area contributed by atoms with E-state index >= 15 is 0 Å². The number of halogens is 1. The SMILES string of the molecule is O=C(NCCNc1ncccc1F)C1CCCC1. The highest BCUT2D eigenvalue weighted by Gasteiger charge is 2.21. The van der Waals surface area contributed by atoms with Crippen molar-refractivity contribution in [2.45, 2.75) is 25.7 Å². The smallest absolute Gasteiger partial charge is 0.223 e. The number of pyridine rings is 1. The third kappa shape index (κ3) is 3.42. The molecule has 0 aliphatic heterocycles. The summed E-state index contributed by atoms with van der Waals surface area (Å²) >= 11 is 0. The van der Waals surface area contributed by atoms with E-state index in [0.29, 0.717) is 13.1 Å². The van der Waals surface area contributed by atoms with Gasteiger partial charge in [0.1, 0.15) is 0 Å². The van der Waals surface area contributed by atoms with E-state index in [4.69, 9.17) is 0 Å². The lowest BCUT2D eigenvalue weighted by atomic mass is 10.1. The van der Waals surface area contributed by atoms with Crippen LogP contribution in [0.3, 0.4) is 0 Å². The van der Waals surface area contributed by atoms with Crippen molar-refractivity contribution in [3.8, 4) is 0 Å². The minimum atomic E-state index is -0.375. The summed E-state index contributed by atoms with van der Waals surface area (Å²) in [6.07, 6.45) is 5.82. The van der Waals surface area contributed by atoms with E-state index in [1.165, 1.54) is 12.3 Å². The standard InChI is InChI=1S/C13H18FN3O/c14-11-6-3-7-15-12(11)16-8-9-17-13(18)10-4-1-2-5-10/h3,6-7,10H,1-2,4-5,8-9H2,(H,15,16)(H,17,18). The number of rotatable bonds is 5. The molecule has 2 rings (SSSR count). The lowest BCUT2D eigenvalue weighted by Gasteiger charge is -2.11. The molecule has 1 fully saturated rings. The molecular formula is C13H18FN3O. The zero-order valence-electron chi connectivity index (χ0n) is 10.3. The normalized spacial score (nSPS) is 15.6. The first-order chi connectivity index (χ1) is 8.77. The minimum absolute atomic E-state index is 0.121. The molecule has 1 aromatic rings. The highest BCUT2D eigenvalue weighted by molar-refractivity contribution is 5.78. The molecule has 4 nitrogen and oxygen atoms in total. The van der Waals surface area contributed by atoms with Crippen LogP contribution in [0.15, 0.2) is 18.3 Å². The number of aromatic nitrogens is 1. The molecule has 1 aliphatic rings. The number of carbonyl (C=O) groups is 1. The minimum Gasteiger partial charge on any atom is -0.366 e. The van der Waals surface area contributed by atoms with Crippen LogP contribution in [0, 0.1) is 11.7 Å². The molecule has 1 amide bonds. The van der Waals surface area contributed by atoms with Crippen LogP contribution in [0.25, 0.3) is 0 Å². The summed E-state index contributed by atoms with van der Waals surface area (Å²) in [5.41, 5.74) is 0. The predicted molar refractivity (Wildman–Crippen MR) is 67.7 cm³/mol. The van der Waals surface area contributed by atoms with E-state index in [-0.39, 0.29) is 23.5 Å². The number of carbonyl (C=O) groups excluding carboxylic acids is 1. The molecule has 0 saturated heterocycles. The van der Waals surface area contributed by atoms with Crippen molar-refractivity contribution in [2.75, 3.05) is 18.4 Å². The van der Waals surface area contributed by atoms with E-state index in [2.05, 4.69) is 15.6 Å². The van der Waals surface area contributed by atoms with Crippen molar-refractivity contribution < 1.29 is 9.18 Å². The molecule has 1 aliphatic carbocycles. The summed E-state index contributed by atoms with van der Waals surface area (Å²) < 4.78 is 13.2. The second-order valence-corrected chi connectivity index (χ2v) is 4.53. The van der Waals surface area contributed by atoms with Gasteiger partial charge in [-0.25, -0.2) is 9.37 Å². The van der Waals surface area contributed by atoms with Crippen LogP contribution in [-0.2, 0) is 4.79 Å². The summed E-state index contributed by atoms with van der Waals surface area (Å²) in [7, 11) is 0. The highest BCUT2D eigenvalue weighted by atomic mass is 19.1. The summed E-state index contributed by atoms with van der Waals surface area (Å²) in [6.45, 7) is 0.970. The Bertz CT molecular complexity index is 405. The fourth-order valence-corrected chi connectivity index (χ4v) is 2.21. The van der Waals surface area contributed by atoms with E-state index in [1.807, 2.05) is 0 Å². The van der Waals surface area contributed by atoms with Crippen molar-refractivity contribution >= 4 is 11.7 Å². The van der Waals surface area contributed by atoms with Crippen molar-refractivity contribution in [2.24, 2.45) is 5.92 Å². The second kappa shape index (κ2) is 6.33. The van der Waals surface area contributed by atoms with Gasteiger partial charge in [-0.3, -0.25) is 4.79 Å². The quantitative estimate of drug-likeness (QED) is 0.786. The predicted octanol–water partition coefficient (Wildman–Crippen LogP) is 1.94. The maximum atomic E-state index is 13.2. The third-order valence-electron chi connectivity index (χ3n) is 3.20. The first-order valence-electron chi connectivity index (χ1n) is 6.39. The van der Waals surface area contributed by atoms with Crippen molar-refractivity contribution in [1.82, 2.24) is 10.3 Å². The van der Waals surface area contributed by atoms with Crippen molar-refractivity contribution in [3.63, 3.8) is 0 Å². The van der Waals surface area contributed by atoms with Crippen LogP contribution < -0.4 is 10.6 Å². The molecule has 0 radical (unpaired) electrons. The molecule has 1 heterocycles. The molecule has 0 aromatic carbocycles. The number of anilines is 1. The first-order valence-corrected chi connectivity index (χ1v) is 6.39. The van der Waals surface area contributed by atoms with Crippen LogP contribution in [0.4, 0.5) is 10.2 Å². The topological polar surface area (TPSA) is 54.0 Å². The van der Waals surface area contributed by atoms with Gasteiger partial charge in [0, 0.05) is 25.2 Å². The van der Waals surface area contributed by atoms with Crippen LogP contribution in [0.5, 0.6) is 0 Å². The molecule has 0 atom stereocenters. The molecule has 0 unspecified atom stereocenters. The van der Waals surface area contributed by atoms with Gasteiger partial charge in [0.05, 0.1) is 0 Å². The molecular weight excluding hydrogens is 233 g/mol. The lowest BCUT2D eigenvalue weighted by Crippen LogP contribution is -2.33. The zero-order valence-corrected chi connectivity index (χ0v) is 10.3. The Hall–Kier alpha value is -1.65.